The van der Waals surface area contributed by atoms with E-state index in [0.29, 0.717) is 34.7 Å². The van der Waals surface area contributed by atoms with Gasteiger partial charge in [-0.2, -0.15) is 0 Å². The van der Waals surface area contributed by atoms with Crippen LogP contribution in [0.25, 0.3) is 6.08 Å². The van der Waals surface area contributed by atoms with Crippen molar-refractivity contribution in [3.8, 4) is 5.75 Å². The number of ether oxygens (including phenoxy) is 1. The lowest BCUT2D eigenvalue weighted by Crippen LogP contribution is -2.28. The van der Waals surface area contributed by atoms with Crippen LogP contribution < -0.4 is 4.74 Å². The van der Waals surface area contributed by atoms with E-state index in [4.69, 9.17) is 14.1 Å². The van der Waals surface area contributed by atoms with Crippen LogP contribution in [-0.4, -0.2) is 16.0 Å². The van der Waals surface area contributed by atoms with E-state index in [-0.39, 0.29) is 5.91 Å². The summed E-state index contributed by atoms with van der Waals surface area (Å²) < 4.78 is 12.6. The van der Waals surface area contributed by atoms with Crippen molar-refractivity contribution in [2.75, 3.05) is 0 Å². The third kappa shape index (κ3) is 5.80. The van der Waals surface area contributed by atoms with Gasteiger partial charge in [-0.15, -0.1) is 0 Å². The Balaban J connectivity index is 1.45. The van der Waals surface area contributed by atoms with Crippen LogP contribution in [-0.2, 0) is 17.9 Å². The Labute approximate surface area is 222 Å². The predicted molar refractivity (Wildman–Crippen MR) is 148 cm³/mol. The van der Waals surface area contributed by atoms with Crippen molar-refractivity contribution in [3.63, 3.8) is 0 Å². The van der Waals surface area contributed by atoms with E-state index in [1.165, 1.54) is 17.3 Å². The molecule has 0 aliphatic carbocycles. The lowest BCUT2D eigenvalue weighted by atomic mass is 10.1. The maximum Gasteiger partial charge on any atom is 0.267 e. The first-order valence-corrected chi connectivity index (χ1v) is 13.0. The van der Waals surface area contributed by atoms with Gasteiger partial charge in [0.25, 0.3) is 5.91 Å². The molecule has 7 heteroatoms. The largest absolute Gasteiger partial charge is 0.488 e. The minimum atomic E-state index is -0.129. The highest BCUT2D eigenvalue weighted by molar-refractivity contribution is 9.10. The second kappa shape index (κ2) is 11.0. The Bertz CT molecular complexity index is 1410. The number of amides is 1. The molecular weight excluding hydrogens is 536 g/mol. The molecule has 1 amide bonds. The van der Waals surface area contributed by atoms with E-state index >= 15 is 0 Å². The predicted octanol–water partition coefficient (Wildman–Crippen LogP) is 7.73. The van der Waals surface area contributed by atoms with Gasteiger partial charge in [-0.05, 0) is 72.8 Å². The Morgan fingerprint density at radius 1 is 1.03 bits per heavy atom. The number of para-hydroxylation sites is 1. The van der Waals surface area contributed by atoms with E-state index in [0.717, 1.165) is 21.3 Å². The minimum Gasteiger partial charge on any atom is -0.488 e. The summed E-state index contributed by atoms with van der Waals surface area (Å²) in [7, 11) is 0. The maximum absolute atomic E-state index is 13.5. The second-order valence-electron chi connectivity index (χ2n) is 8.27. The van der Waals surface area contributed by atoms with E-state index in [1.807, 2.05) is 66.7 Å². The summed E-state index contributed by atoms with van der Waals surface area (Å²) in [4.78, 5) is 20.5. The quantitative estimate of drug-likeness (QED) is 0.218. The molecule has 1 aliphatic heterocycles. The van der Waals surface area contributed by atoms with Crippen molar-refractivity contribution in [1.29, 1.82) is 0 Å². The van der Waals surface area contributed by atoms with Crippen molar-refractivity contribution < 1.29 is 13.9 Å². The number of nitrogens with zero attached hydrogens (tertiary/aromatic N) is 2. The third-order valence-corrected chi connectivity index (χ3v) is 7.04. The number of carbonyl (C=O) groups excluding carboxylic acids is 1. The molecule has 2 heterocycles. The van der Waals surface area contributed by atoms with Gasteiger partial charge in [-0.25, -0.2) is 4.99 Å². The zero-order valence-corrected chi connectivity index (χ0v) is 22.0. The van der Waals surface area contributed by atoms with Crippen LogP contribution in [0, 0.1) is 6.92 Å². The summed E-state index contributed by atoms with van der Waals surface area (Å²) in [6.45, 7) is 2.80. The average molecular weight is 559 g/mol. The van der Waals surface area contributed by atoms with Crippen LogP contribution in [0.2, 0.25) is 0 Å². The van der Waals surface area contributed by atoms with Crippen molar-refractivity contribution in [1.82, 2.24) is 4.90 Å². The number of thioether (sulfide) groups is 1. The summed E-state index contributed by atoms with van der Waals surface area (Å²) in [5.41, 5.74) is 3.88. The van der Waals surface area contributed by atoms with Crippen molar-refractivity contribution in [2.24, 2.45) is 4.99 Å². The molecule has 0 radical (unpaired) electrons. The highest BCUT2D eigenvalue weighted by Gasteiger charge is 2.34. The van der Waals surface area contributed by atoms with Gasteiger partial charge >= 0.3 is 0 Å². The molecule has 180 valence electrons. The molecule has 1 aromatic heterocycles. The highest BCUT2D eigenvalue weighted by Crippen LogP contribution is 2.37. The van der Waals surface area contributed by atoms with Gasteiger partial charge in [-0.3, -0.25) is 9.69 Å². The summed E-state index contributed by atoms with van der Waals surface area (Å²) in [5.74, 6) is 1.26. The number of aryl methyl sites for hydroxylation is 1. The second-order valence-corrected chi connectivity index (χ2v) is 10.2. The maximum atomic E-state index is 13.5. The Hall–Kier alpha value is -3.55. The molecule has 1 saturated heterocycles. The summed E-state index contributed by atoms with van der Waals surface area (Å²) in [6.07, 6.45) is 3.47. The number of halogens is 1. The number of rotatable bonds is 7. The third-order valence-electron chi connectivity index (χ3n) is 5.54. The summed E-state index contributed by atoms with van der Waals surface area (Å²) >= 11 is 4.89. The molecule has 0 bridgehead atoms. The normalized spacial score (nSPS) is 15.7. The molecule has 36 heavy (non-hydrogen) atoms. The Morgan fingerprint density at radius 2 is 1.83 bits per heavy atom. The molecule has 0 spiro atoms. The molecule has 0 unspecified atom stereocenters. The van der Waals surface area contributed by atoms with E-state index < -0.39 is 0 Å². The first-order valence-electron chi connectivity index (χ1n) is 11.4. The van der Waals surface area contributed by atoms with Gasteiger partial charge < -0.3 is 9.15 Å². The fraction of sp³-hybridized carbons (Fsp3) is 0.103. The van der Waals surface area contributed by atoms with Crippen LogP contribution in [0.5, 0.6) is 5.75 Å². The zero-order chi connectivity index (χ0) is 24.9. The van der Waals surface area contributed by atoms with Crippen LogP contribution in [0.4, 0.5) is 5.69 Å². The van der Waals surface area contributed by atoms with Crippen LogP contribution in [0.3, 0.4) is 0 Å². The Morgan fingerprint density at radius 3 is 2.58 bits per heavy atom. The molecule has 0 N–H and O–H groups in total. The minimum absolute atomic E-state index is 0.129. The number of aliphatic imine (C=N–C) groups is 1. The molecule has 0 atom stereocenters. The summed E-state index contributed by atoms with van der Waals surface area (Å²) in [5, 5.41) is 0.603. The molecule has 4 aromatic rings. The van der Waals surface area contributed by atoms with Gasteiger partial charge in [0, 0.05) is 10.0 Å². The number of furan rings is 1. The number of hydrogen-bond donors (Lipinski definition) is 0. The molecule has 1 fully saturated rings. The molecule has 5 nitrogen and oxygen atoms in total. The fourth-order valence-electron chi connectivity index (χ4n) is 3.65. The van der Waals surface area contributed by atoms with Crippen molar-refractivity contribution in [2.45, 2.75) is 20.1 Å². The Kier molecular flexibility index (Phi) is 7.39. The number of carbonyl (C=O) groups is 1. The monoisotopic (exact) mass is 558 g/mol. The molecule has 3 aromatic carbocycles. The fourth-order valence-corrected chi connectivity index (χ4v) is 5.02. The summed E-state index contributed by atoms with van der Waals surface area (Å²) in [6, 6.07) is 27.3. The molecule has 0 saturated carbocycles. The van der Waals surface area contributed by atoms with E-state index in [1.54, 1.807) is 11.2 Å². The molecule has 5 rings (SSSR count). The number of amidine groups is 1. The zero-order valence-electron chi connectivity index (χ0n) is 19.6. The number of benzene rings is 3. The standard InChI is InChI=1S/C29H23BrN2O3S/c1-20-9-11-21(12-10-20)19-35-26-14-13-23(30)16-22(26)17-27-28(33)32(18-25-8-5-15-34-25)29(36-27)31-24-6-3-2-4-7-24/h2-17H,18-19H2,1H3/b27-17-,31-29?. The van der Waals surface area contributed by atoms with E-state index in [9.17, 15) is 4.79 Å². The first-order chi connectivity index (χ1) is 17.5. The van der Waals surface area contributed by atoms with Gasteiger partial charge in [0.1, 0.15) is 18.1 Å². The topological polar surface area (TPSA) is 55.0 Å². The van der Waals surface area contributed by atoms with Crippen LogP contribution in [0.1, 0.15) is 22.5 Å². The highest BCUT2D eigenvalue weighted by atomic mass is 79.9. The average Bonchev–Trinajstić information content (AvgIpc) is 3.50. The number of hydrogen-bond acceptors (Lipinski definition) is 5. The van der Waals surface area contributed by atoms with Gasteiger partial charge in [0.15, 0.2) is 5.17 Å². The van der Waals surface area contributed by atoms with Crippen LogP contribution in [0.15, 0.2) is 110 Å². The molecule has 1 aliphatic rings. The van der Waals surface area contributed by atoms with Crippen molar-refractivity contribution >= 4 is 50.5 Å². The lowest BCUT2D eigenvalue weighted by Gasteiger charge is -2.14. The van der Waals surface area contributed by atoms with Gasteiger partial charge in [0.2, 0.25) is 0 Å². The smallest absolute Gasteiger partial charge is 0.267 e. The van der Waals surface area contributed by atoms with Crippen LogP contribution >= 0.6 is 27.7 Å². The SMILES string of the molecule is Cc1ccc(COc2ccc(Br)cc2/C=C2\SC(=Nc3ccccc3)N(Cc3ccco3)C2=O)cc1. The van der Waals surface area contributed by atoms with Crippen molar-refractivity contribution in [3.05, 3.63) is 123 Å². The van der Waals surface area contributed by atoms with Gasteiger partial charge in [-0.1, -0.05) is 64.0 Å². The van der Waals surface area contributed by atoms with Gasteiger partial charge in [0.05, 0.1) is 23.4 Å². The molecular formula is C29H23BrN2O3S. The lowest BCUT2D eigenvalue weighted by molar-refractivity contribution is -0.122. The first kappa shape index (κ1) is 24.2. The van der Waals surface area contributed by atoms with E-state index in [2.05, 4.69) is 47.1 Å².